The Balaban J connectivity index is 3.06. The summed E-state index contributed by atoms with van der Waals surface area (Å²) in [5.74, 6) is -2.29. The van der Waals surface area contributed by atoms with Crippen LogP contribution in [0.1, 0.15) is 0 Å². The zero-order chi connectivity index (χ0) is 13.7. The number of hydrogen-bond acceptors (Lipinski definition) is 5. The van der Waals surface area contributed by atoms with Crippen molar-refractivity contribution in [2.75, 3.05) is 19.0 Å². The number of rotatable bonds is 6. The molecule has 0 saturated heterocycles. The predicted octanol–water partition coefficient (Wildman–Crippen LogP) is 1.25. The second-order valence-electron chi connectivity index (χ2n) is 3.38. The summed E-state index contributed by atoms with van der Waals surface area (Å²) < 4.78 is 17.9. The van der Waals surface area contributed by atoms with Crippen LogP contribution >= 0.6 is 0 Å². The molecule has 0 fully saturated rings. The van der Waals surface area contributed by atoms with Crippen LogP contribution in [0.4, 0.5) is 15.8 Å². The molecule has 1 unspecified atom stereocenters. The van der Waals surface area contributed by atoms with E-state index in [1.807, 2.05) is 0 Å². The van der Waals surface area contributed by atoms with Crippen LogP contribution in [0.15, 0.2) is 18.2 Å². The highest BCUT2D eigenvalue weighted by atomic mass is 19.1. The van der Waals surface area contributed by atoms with Gasteiger partial charge in [-0.2, -0.15) is 4.39 Å². The molecule has 1 atom stereocenters. The van der Waals surface area contributed by atoms with E-state index < -0.39 is 28.4 Å². The van der Waals surface area contributed by atoms with Crippen molar-refractivity contribution in [2.45, 2.75) is 6.04 Å². The van der Waals surface area contributed by atoms with Crippen molar-refractivity contribution in [3.05, 3.63) is 34.1 Å². The Morgan fingerprint density at radius 1 is 1.67 bits per heavy atom. The molecule has 1 aromatic carbocycles. The number of nitrogens with one attached hydrogen (secondary N) is 1. The molecule has 0 heterocycles. The molecule has 0 aliphatic carbocycles. The Bertz CT molecular complexity index is 466. The van der Waals surface area contributed by atoms with Gasteiger partial charge in [-0.05, 0) is 12.1 Å². The lowest BCUT2D eigenvalue weighted by atomic mass is 10.2. The molecule has 0 spiro atoms. The standard InChI is InChI=1S/C10H11FN2O5/c1-18-5-8(10(14)15)12-7-4-2-3-6(11)9(7)13(16)17/h2-4,8,12H,5H2,1H3,(H,14,15). The Morgan fingerprint density at radius 2 is 2.33 bits per heavy atom. The summed E-state index contributed by atoms with van der Waals surface area (Å²) in [5, 5.41) is 21.9. The molecule has 0 aliphatic heterocycles. The molecule has 18 heavy (non-hydrogen) atoms. The molecule has 1 aromatic rings. The fourth-order valence-electron chi connectivity index (χ4n) is 1.35. The highest BCUT2D eigenvalue weighted by molar-refractivity contribution is 5.79. The lowest BCUT2D eigenvalue weighted by molar-refractivity contribution is -0.386. The summed E-state index contributed by atoms with van der Waals surface area (Å²) in [6.45, 7) is -0.205. The summed E-state index contributed by atoms with van der Waals surface area (Å²) in [4.78, 5) is 20.6. The van der Waals surface area contributed by atoms with Gasteiger partial charge in [-0.3, -0.25) is 10.1 Å². The number of carboxylic acid groups (broad SMARTS) is 1. The maximum absolute atomic E-state index is 13.3. The Labute approximate surface area is 101 Å². The number of methoxy groups -OCH3 is 1. The number of nitro groups is 1. The second kappa shape index (κ2) is 5.92. The summed E-state index contributed by atoms with van der Waals surface area (Å²) in [6.07, 6.45) is 0. The van der Waals surface area contributed by atoms with Gasteiger partial charge in [-0.25, -0.2) is 4.79 Å². The van der Waals surface area contributed by atoms with E-state index in [0.29, 0.717) is 0 Å². The average Bonchev–Trinajstić information content (AvgIpc) is 2.27. The third-order valence-corrected chi connectivity index (χ3v) is 2.13. The van der Waals surface area contributed by atoms with Crippen molar-refractivity contribution in [1.82, 2.24) is 0 Å². The average molecular weight is 258 g/mol. The first-order valence-electron chi connectivity index (χ1n) is 4.88. The second-order valence-corrected chi connectivity index (χ2v) is 3.38. The van der Waals surface area contributed by atoms with Gasteiger partial charge < -0.3 is 15.2 Å². The number of carboxylic acids is 1. The van der Waals surface area contributed by atoms with Crippen LogP contribution in [0.2, 0.25) is 0 Å². The summed E-state index contributed by atoms with van der Waals surface area (Å²) in [6, 6.07) is 2.20. The lowest BCUT2D eigenvalue weighted by Crippen LogP contribution is -2.33. The largest absolute Gasteiger partial charge is 0.480 e. The van der Waals surface area contributed by atoms with Crippen LogP contribution in [-0.4, -0.2) is 35.8 Å². The summed E-state index contributed by atoms with van der Waals surface area (Å²) in [5.41, 5.74) is -0.996. The first-order valence-corrected chi connectivity index (χ1v) is 4.88. The van der Waals surface area contributed by atoms with E-state index in [-0.39, 0.29) is 12.3 Å². The number of aliphatic carboxylic acids is 1. The Kier molecular flexibility index (Phi) is 4.55. The first-order chi connectivity index (χ1) is 8.47. The fraction of sp³-hybridized carbons (Fsp3) is 0.300. The molecular weight excluding hydrogens is 247 g/mol. The third-order valence-electron chi connectivity index (χ3n) is 2.13. The SMILES string of the molecule is COCC(Nc1cccc(F)c1[N+](=O)[O-])C(=O)O. The Hall–Kier alpha value is -2.22. The molecule has 7 nitrogen and oxygen atoms in total. The molecule has 0 aromatic heterocycles. The van der Waals surface area contributed by atoms with Gasteiger partial charge in [0.25, 0.3) is 0 Å². The highest BCUT2D eigenvalue weighted by Gasteiger charge is 2.24. The number of ether oxygens (including phenoxy) is 1. The summed E-state index contributed by atoms with van der Waals surface area (Å²) >= 11 is 0. The van der Waals surface area contributed by atoms with E-state index in [1.165, 1.54) is 19.2 Å². The van der Waals surface area contributed by atoms with Crippen molar-refractivity contribution >= 4 is 17.3 Å². The van der Waals surface area contributed by atoms with Crippen molar-refractivity contribution in [3.8, 4) is 0 Å². The number of nitrogens with zero attached hydrogens (tertiary/aromatic N) is 1. The van der Waals surface area contributed by atoms with Gasteiger partial charge in [-0.15, -0.1) is 0 Å². The first kappa shape index (κ1) is 13.8. The molecule has 98 valence electrons. The smallest absolute Gasteiger partial charge is 0.328 e. The number of para-hydroxylation sites is 1. The molecule has 0 saturated carbocycles. The topological polar surface area (TPSA) is 102 Å². The minimum Gasteiger partial charge on any atom is -0.480 e. The van der Waals surface area contributed by atoms with Crippen molar-refractivity contribution < 1.29 is 24.0 Å². The quantitative estimate of drug-likeness (QED) is 0.588. The highest BCUT2D eigenvalue weighted by Crippen LogP contribution is 2.27. The van der Waals surface area contributed by atoms with Crippen LogP contribution in [0.5, 0.6) is 0 Å². The lowest BCUT2D eigenvalue weighted by Gasteiger charge is -2.14. The zero-order valence-electron chi connectivity index (χ0n) is 9.42. The van der Waals surface area contributed by atoms with Gasteiger partial charge >= 0.3 is 11.7 Å². The molecule has 0 aliphatic rings. The normalized spacial score (nSPS) is 11.9. The van der Waals surface area contributed by atoms with Gasteiger partial charge in [0.15, 0.2) is 0 Å². The van der Waals surface area contributed by atoms with Crippen LogP contribution in [0.3, 0.4) is 0 Å². The van der Waals surface area contributed by atoms with E-state index in [1.54, 1.807) is 0 Å². The molecule has 0 amide bonds. The monoisotopic (exact) mass is 258 g/mol. The van der Waals surface area contributed by atoms with Gasteiger partial charge in [-0.1, -0.05) is 6.07 Å². The number of anilines is 1. The van der Waals surface area contributed by atoms with E-state index in [9.17, 15) is 19.3 Å². The van der Waals surface area contributed by atoms with Gasteiger partial charge in [0, 0.05) is 7.11 Å². The van der Waals surface area contributed by atoms with Crippen molar-refractivity contribution in [2.24, 2.45) is 0 Å². The van der Waals surface area contributed by atoms with Gasteiger partial charge in [0.05, 0.1) is 11.5 Å². The number of carbonyl (C=O) groups is 1. The summed E-state index contributed by atoms with van der Waals surface area (Å²) in [7, 11) is 1.29. The van der Waals surface area contributed by atoms with Crippen LogP contribution in [0, 0.1) is 15.9 Å². The van der Waals surface area contributed by atoms with Crippen molar-refractivity contribution in [1.29, 1.82) is 0 Å². The number of hydrogen-bond donors (Lipinski definition) is 2. The number of nitro benzene ring substituents is 1. The van der Waals surface area contributed by atoms with E-state index in [4.69, 9.17) is 5.11 Å². The zero-order valence-corrected chi connectivity index (χ0v) is 9.42. The van der Waals surface area contributed by atoms with Crippen LogP contribution in [-0.2, 0) is 9.53 Å². The maximum atomic E-state index is 13.3. The molecule has 2 N–H and O–H groups in total. The molecule has 1 rings (SSSR count). The Morgan fingerprint density at radius 3 is 2.83 bits per heavy atom. The van der Waals surface area contributed by atoms with Crippen LogP contribution < -0.4 is 5.32 Å². The molecular formula is C10H11FN2O5. The molecule has 0 bridgehead atoms. The predicted molar refractivity (Wildman–Crippen MR) is 60.0 cm³/mol. The fourth-order valence-corrected chi connectivity index (χ4v) is 1.35. The third kappa shape index (κ3) is 3.14. The molecule has 0 radical (unpaired) electrons. The van der Waals surface area contributed by atoms with Gasteiger partial charge in [0.1, 0.15) is 11.7 Å². The van der Waals surface area contributed by atoms with E-state index >= 15 is 0 Å². The minimum atomic E-state index is -1.25. The van der Waals surface area contributed by atoms with Crippen molar-refractivity contribution in [3.63, 3.8) is 0 Å². The van der Waals surface area contributed by atoms with E-state index in [2.05, 4.69) is 10.1 Å². The molecule has 8 heteroatoms. The van der Waals surface area contributed by atoms with Crippen LogP contribution in [0.25, 0.3) is 0 Å². The van der Waals surface area contributed by atoms with Gasteiger partial charge in [0.2, 0.25) is 5.82 Å². The minimum absolute atomic E-state index is 0.204. The number of halogens is 1. The maximum Gasteiger partial charge on any atom is 0.328 e. The number of benzene rings is 1. The van der Waals surface area contributed by atoms with E-state index in [0.717, 1.165) is 6.07 Å².